The van der Waals surface area contributed by atoms with E-state index < -0.39 is 17.6 Å². The second-order valence-corrected chi connectivity index (χ2v) is 3.54. The molecule has 0 aliphatic rings. The van der Waals surface area contributed by atoms with Gasteiger partial charge in [0.1, 0.15) is 17.3 Å². The number of hydrogen-bond donors (Lipinski definition) is 1. The fourth-order valence-corrected chi connectivity index (χ4v) is 1.54. The maximum Gasteiger partial charge on any atom is 0.419 e. The van der Waals surface area contributed by atoms with Crippen LogP contribution < -0.4 is 0 Å². The van der Waals surface area contributed by atoms with Gasteiger partial charge in [0.2, 0.25) is 0 Å². The highest BCUT2D eigenvalue weighted by Gasteiger charge is 2.35. The van der Waals surface area contributed by atoms with Crippen LogP contribution in [-0.2, 0) is 6.18 Å². The van der Waals surface area contributed by atoms with E-state index in [4.69, 9.17) is 0 Å². The van der Waals surface area contributed by atoms with Crippen molar-refractivity contribution in [2.45, 2.75) is 6.18 Å². The molecule has 2 nitrogen and oxygen atoms in total. The molecule has 0 aliphatic carbocycles. The van der Waals surface area contributed by atoms with Crippen molar-refractivity contribution in [1.29, 1.82) is 0 Å². The maximum absolute atomic E-state index is 13.8. The molecule has 94 valence electrons. The molecule has 2 rings (SSSR count). The van der Waals surface area contributed by atoms with Crippen LogP contribution in [0.3, 0.4) is 0 Å². The number of hydrogen-bond acceptors (Lipinski definition) is 2. The van der Waals surface area contributed by atoms with Crippen molar-refractivity contribution in [3.63, 3.8) is 0 Å². The fraction of sp³-hybridized carbons (Fsp3) is 0.0833. The zero-order valence-corrected chi connectivity index (χ0v) is 8.87. The van der Waals surface area contributed by atoms with E-state index in [-0.39, 0.29) is 17.0 Å². The summed E-state index contributed by atoms with van der Waals surface area (Å²) in [5.41, 5.74) is -1.99. The summed E-state index contributed by atoms with van der Waals surface area (Å²) >= 11 is 0. The smallest absolute Gasteiger partial charge is 0.419 e. The molecule has 2 aromatic rings. The van der Waals surface area contributed by atoms with Gasteiger partial charge >= 0.3 is 6.18 Å². The quantitative estimate of drug-likeness (QED) is 0.791. The molecule has 6 heteroatoms. The summed E-state index contributed by atoms with van der Waals surface area (Å²) in [5.74, 6) is -1.82. The topological polar surface area (TPSA) is 33.1 Å². The Morgan fingerprint density at radius 1 is 1.06 bits per heavy atom. The van der Waals surface area contributed by atoms with Gasteiger partial charge in [0.15, 0.2) is 0 Å². The summed E-state index contributed by atoms with van der Waals surface area (Å²) in [7, 11) is 0. The Kier molecular flexibility index (Phi) is 2.94. The predicted octanol–water partition coefficient (Wildman–Crippen LogP) is 3.61. The van der Waals surface area contributed by atoms with Gasteiger partial charge in [-0.25, -0.2) is 4.39 Å². The molecule has 18 heavy (non-hydrogen) atoms. The van der Waals surface area contributed by atoms with Crippen molar-refractivity contribution in [2.24, 2.45) is 0 Å². The van der Waals surface area contributed by atoms with Gasteiger partial charge in [-0.15, -0.1) is 0 Å². The van der Waals surface area contributed by atoms with E-state index in [2.05, 4.69) is 4.98 Å². The monoisotopic (exact) mass is 257 g/mol. The number of rotatable bonds is 1. The van der Waals surface area contributed by atoms with Crippen LogP contribution in [0.5, 0.6) is 5.75 Å². The van der Waals surface area contributed by atoms with Crippen molar-refractivity contribution < 1.29 is 22.7 Å². The zero-order valence-electron chi connectivity index (χ0n) is 8.87. The van der Waals surface area contributed by atoms with Gasteiger partial charge in [-0.05, 0) is 24.3 Å². The van der Waals surface area contributed by atoms with E-state index in [0.717, 1.165) is 12.1 Å². The molecule has 1 aromatic heterocycles. The molecule has 0 atom stereocenters. The van der Waals surface area contributed by atoms with E-state index in [9.17, 15) is 22.7 Å². The molecule has 1 heterocycles. The number of halogens is 4. The lowest BCUT2D eigenvalue weighted by atomic mass is 10.1. The van der Waals surface area contributed by atoms with Crippen molar-refractivity contribution in [2.75, 3.05) is 0 Å². The second kappa shape index (κ2) is 4.29. The molecule has 0 saturated heterocycles. The van der Waals surface area contributed by atoms with Gasteiger partial charge in [-0.2, -0.15) is 13.2 Å². The van der Waals surface area contributed by atoms with E-state index >= 15 is 0 Å². The molecule has 0 unspecified atom stereocenters. The summed E-state index contributed by atoms with van der Waals surface area (Å²) in [6, 6.07) is 5.45. The van der Waals surface area contributed by atoms with E-state index in [1.807, 2.05) is 0 Å². The largest absolute Gasteiger partial charge is 0.506 e. The average Bonchev–Trinajstić information content (AvgIpc) is 2.29. The number of nitrogens with zero attached hydrogens (tertiary/aromatic N) is 1. The van der Waals surface area contributed by atoms with E-state index in [1.54, 1.807) is 0 Å². The van der Waals surface area contributed by atoms with Gasteiger partial charge in [0, 0.05) is 11.8 Å². The molecular formula is C12H7F4NO. The van der Waals surface area contributed by atoms with Crippen LogP contribution in [-0.4, -0.2) is 10.1 Å². The van der Waals surface area contributed by atoms with E-state index in [1.165, 1.54) is 18.3 Å². The van der Waals surface area contributed by atoms with Crippen LogP contribution in [0.15, 0.2) is 36.5 Å². The molecule has 1 aromatic carbocycles. The lowest BCUT2D eigenvalue weighted by molar-refractivity contribution is -0.139. The van der Waals surface area contributed by atoms with Gasteiger partial charge < -0.3 is 5.11 Å². The molecule has 0 amide bonds. The highest BCUT2D eigenvalue weighted by Crippen LogP contribution is 2.36. The highest BCUT2D eigenvalue weighted by molar-refractivity contribution is 5.67. The number of aromatic hydroxyl groups is 1. The first-order valence-electron chi connectivity index (χ1n) is 4.91. The van der Waals surface area contributed by atoms with Gasteiger partial charge in [0.05, 0.1) is 5.56 Å². The summed E-state index contributed by atoms with van der Waals surface area (Å²) in [4.78, 5) is 3.68. The third kappa shape index (κ3) is 2.13. The molecule has 0 aliphatic heterocycles. The lowest BCUT2D eigenvalue weighted by Crippen LogP contribution is -2.09. The lowest BCUT2D eigenvalue weighted by Gasteiger charge is -2.11. The summed E-state index contributed by atoms with van der Waals surface area (Å²) < 4.78 is 51.3. The highest BCUT2D eigenvalue weighted by atomic mass is 19.4. The Morgan fingerprint density at radius 3 is 2.39 bits per heavy atom. The van der Waals surface area contributed by atoms with Gasteiger partial charge in [-0.1, -0.05) is 6.07 Å². The van der Waals surface area contributed by atoms with Gasteiger partial charge in [-0.3, -0.25) is 4.98 Å². The Hall–Kier alpha value is -2.11. The Labute approximate surface area is 99.5 Å². The summed E-state index contributed by atoms with van der Waals surface area (Å²) in [6.45, 7) is 0. The van der Waals surface area contributed by atoms with Crippen molar-refractivity contribution in [1.82, 2.24) is 4.98 Å². The Bertz CT molecular complexity index is 581. The molecule has 0 saturated carbocycles. The van der Waals surface area contributed by atoms with Crippen LogP contribution in [0.1, 0.15) is 5.56 Å². The van der Waals surface area contributed by atoms with Crippen LogP contribution in [0.4, 0.5) is 17.6 Å². The normalized spacial score (nSPS) is 11.6. The predicted molar refractivity (Wildman–Crippen MR) is 56.3 cm³/mol. The van der Waals surface area contributed by atoms with E-state index in [0.29, 0.717) is 6.07 Å². The second-order valence-electron chi connectivity index (χ2n) is 3.54. The standard InChI is InChI=1S/C12H7F4NO/c13-10-7(11-9(18)5-2-6-17-11)3-1-4-8(10)12(14,15)16/h1-6,18H. The first kappa shape index (κ1) is 12.3. The molecule has 0 radical (unpaired) electrons. The fourth-order valence-electron chi connectivity index (χ4n) is 1.54. The summed E-state index contributed by atoms with van der Waals surface area (Å²) in [5, 5.41) is 9.47. The number of pyridine rings is 1. The SMILES string of the molecule is Oc1cccnc1-c1cccc(C(F)(F)F)c1F. The minimum Gasteiger partial charge on any atom is -0.506 e. The van der Waals surface area contributed by atoms with Gasteiger partial charge in [0.25, 0.3) is 0 Å². The molecule has 0 spiro atoms. The average molecular weight is 257 g/mol. The minimum absolute atomic E-state index is 0.221. The van der Waals surface area contributed by atoms with Crippen LogP contribution in [0.2, 0.25) is 0 Å². The van der Waals surface area contributed by atoms with Crippen molar-refractivity contribution in [3.8, 4) is 17.0 Å². The molecular weight excluding hydrogens is 250 g/mol. The number of alkyl halides is 3. The Balaban J connectivity index is 2.64. The van der Waals surface area contributed by atoms with Crippen molar-refractivity contribution in [3.05, 3.63) is 47.9 Å². The van der Waals surface area contributed by atoms with Crippen LogP contribution in [0.25, 0.3) is 11.3 Å². The number of aromatic nitrogens is 1. The first-order valence-corrected chi connectivity index (χ1v) is 4.91. The maximum atomic E-state index is 13.8. The summed E-state index contributed by atoms with van der Waals surface area (Å²) in [6.07, 6.45) is -3.53. The molecule has 0 fully saturated rings. The van der Waals surface area contributed by atoms with Crippen LogP contribution in [0, 0.1) is 5.82 Å². The molecule has 0 bridgehead atoms. The van der Waals surface area contributed by atoms with Crippen molar-refractivity contribution >= 4 is 0 Å². The first-order chi connectivity index (χ1) is 8.41. The third-order valence-electron chi connectivity index (χ3n) is 2.35. The minimum atomic E-state index is -4.79. The van der Waals surface area contributed by atoms with Crippen LogP contribution >= 0.6 is 0 Å². The number of benzene rings is 1. The zero-order chi connectivity index (χ0) is 13.3. The third-order valence-corrected chi connectivity index (χ3v) is 2.35. The Morgan fingerprint density at radius 2 is 1.78 bits per heavy atom. The molecule has 1 N–H and O–H groups in total.